The molecule has 1 spiro atoms. The minimum atomic E-state index is -0.0371. The minimum Gasteiger partial charge on any atom is -0.373 e. The zero-order valence-electron chi connectivity index (χ0n) is 12.5. The van der Waals surface area contributed by atoms with Crippen LogP contribution < -0.4 is 5.32 Å². The van der Waals surface area contributed by atoms with E-state index < -0.39 is 0 Å². The molecule has 2 heterocycles. The fourth-order valence-electron chi connectivity index (χ4n) is 3.69. The third kappa shape index (κ3) is 2.86. The van der Waals surface area contributed by atoms with Crippen LogP contribution in [-0.4, -0.2) is 35.9 Å². The van der Waals surface area contributed by atoms with Crippen molar-refractivity contribution >= 4 is 23.3 Å². The molecule has 1 amide bonds. The molecule has 1 aliphatic heterocycles. The van der Waals surface area contributed by atoms with Gasteiger partial charge in [-0.15, -0.1) is 0 Å². The standard InChI is InChI=1S/C16H22ClN3O/c1-18-13-5-4-12(17)14(19-13)15(21)20-10-8-16(9-11-20)6-2-3-7-16/h4-5H,2-3,6-11H2,1H3,(H,18,19). The molecule has 21 heavy (non-hydrogen) atoms. The highest BCUT2D eigenvalue weighted by atomic mass is 35.5. The number of hydrogen-bond donors (Lipinski definition) is 1. The summed E-state index contributed by atoms with van der Waals surface area (Å²) in [4.78, 5) is 18.9. The largest absolute Gasteiger partial charge is 0.373 e. The van der Waals surface area contributed by atoms with Gasteiger partial charge in [0.15, 0.2) is 0 Å². The van der Waals surface area contributed by atoms with Gasteiger partial charge in [-0.25, -0.2) is 4.98 Å². The van der Waals surface area contributed by atoms with Crippen LogP contribution in [0.2, 0.25) is 5.02 Å². The smallest absolute Gasteiger partial charge is 0.274 e. The molecule has 2 aliphatic rings. The summed E-state index contributed by atoms with van der Waals surface area (Å²) in [7, 11) is 1.79. The van der Waals surface area contributed by atoms with Crippen LogP contribution >= 0.6 is 11.6 Å². The second-order valence-electron chi connectivity index (χ2n) is 6.28. The highest BCUT2D eigenvalue weighted by molar-refractivity contribution is 6.33. The van der Waals surface area contributed by atoms with Crippen molar-refractivity contribution in [3.05, 3.63) is 22.8 Å². The number of hydrogen-bond acceptors (Lipinski definition) is 3. The molecule has 3 rings (SSSR count). The van der Waals surface area contributed by atoms with Gasteiger partial charge in [0.25, 0.3) is 5.91 Å². The lowest BCUT2D eigenvalue weighted by Gasteiger charge is -2.39. The van der Waals surface area contributed by atoms with Crippen LogP contribution in [0.1, 0.15) is 49.0 Å². The predicted molar refractivity (Wildman–Crippen MR) is 84.8 cm³/mol. The van der Waals surface area contributed by atoms with Crippen molar-refractivity contribution in [2.75, 3.05) is 25.5 Å². The first kappa shape index (κ1) is 14.6. The van der Waals surface area contributed by atoms with E-state index in [4.69, 9.17) is 11.6 Å². The minimum absolute atomic E-state index is 0.0371. The highest BCUT2D eigenvalue weighted by Crippen LogP contribution is 2.46. The van der Waals surface area contributed by atoms with Crippen LogP contribution in [-0.2, 0) is 0 Å². The van der Waals surface area contributed by atoms with Crippen molar-refractivity contribution in [2.24, 2.45) is 5.41 Å². The van der Waals surface area contributed by atoms with Gasteiger partial charge >= 0.3 is 0 Å². The molecule has 0 atom stereocenters. The topological polar surface area (TPSA) is 45.2 Å². The van der Waals surface area contributed by atoms with Crippen molar-refractivity contribution < 1.29 is 4.79 Å². The summed E-state index contributed by atoms with van der Waals surface area (Å²) in [5.41, 5.74) is 0.881. The quantitative estimate of drug-likeness (QED) is 0.908. The van der Waals surface area contributed by atoms with Crippen molar-refractivity contribution in [3.8, 4) is 0 Å². The number of pyridine rings is 1. The molecule has 5 heteroatoms. The second kappa shape index (κ2) is 5.84. The van der Waals surface area contributed by atoms with E-state index >= 15 is 0 Å². The molecule has 2 fully saturated rings. The summed E-state index contributed by atoms with van der Waals surface area (Å²) < 4.78 is 0. The number of nitrogens with one attached hydrogen (secondary N) is 1. The molecule has 1 N–H and O–H groups in total. The van der Waals surface area contributed by atoms with Crippen molar-refractivity contribution in [1.82, 2.24) is 9.88 Å². The first-order valence-corrected chi connectivity index (χ1v) is 8.15. The zero-order chi connectivity index (χ0) is 14.9. The van der Waals surface area contributed by atoms with Crippen LogP contribution in [0, 0.1) is 5.41 Å². The Balaban J connectivity index is 1.72. The molecule has 1 aromatic rings. The molecule has 0 bridgehead atoms. The van der Waals surface area contributed by atoms with Gasteiger partial charge in [-0.05, 0) is 43.2 Å². The molecule has 114 valence electrons. The summed E-state index contributed by atoms with van der Waals surface area (Å²) in [5.74, 6) is 0.636. The molecule has 0 unspecified atom stereocenters. The molecule has 1 aromatic heterocycles. The van der Waals surface area contributed by atoms with Gasteiger partial charge in [-0.1, -0.05) is 24.4 Å². The van der Waals surface area contributed by atoms with E-state index in [0.717, 1.165) is 25.9 Å². The second-order valence-corrected chi connectivity index (χ2v) is 6.68. The van der Waals surface area contributed by atoms with Gasteiger partial charge in [0, 0.05) is 20.1 Å². The summed E-state index contributed by atoms with van der Waals surface area (Å²) in [6.07, 6.45) is 7.63. The van der Waals surface area contributed by atoms with Gasteiger partial charge in [0.2, 0.25) is 0 Å². The van der Waals surface area contributed by atoms with E-state index in [-0.39, 0.29) is 5.91 Å². The predicted octanol–water partition coefficient (Wildman–Crippen LogP) is 3.57. The number of anilines is 1. The van der Waals surface area contributed by atoms with Crippen LogP contribution in [0.5, 0.6) is 0 Å². The average Bonchev–Trinajstić information content (AvgIpc) is 2.96. The maximum absolute atomic E-state index is 12.6. The number of rotatable bonds is 2. The van der Waals surface area contributed by atoms with Gasteiger partial charge in [-0.3, -0.25) is 4.79 Å². The van der Waals surface area contributed by atoms with Gasteiger partial charge < -0.3 is 10.2 Å². The monoisotopic (exact) mass is 307 g/mol. The average molecular weight is 308 g/mol. The Morgan fingerprint density at radius 3 is 2.52 bits per heavy atom. The van der Waals surface area contributed by atoms with Crippen LogP contribution in [0.15, 0.2) is 12.1 Å². The number of halogens is 1. The Hall–Kier alpha value is -1.29. The molecule has 1 aliphatic carbocycles. The van der Waals surface area contributed by atoms with E-state index in [0.29, 0.717) is 21.9 Å². The number of likely N-dealkylation sites (tertiary alicyclic amines) is 1. The molecular weight excluding hydrogens is 286 g/mol. The fraction of sp³-hybridized carbons (Fsp3) is 0.625. The maximum Gasteiger partial charge on any atom is 0.274 e. The number of carbonyl (C=O) groups is 1. The first-order valence-electron chi connectivity index (χ1n) is 7.77. The Labute approximate surface area is 130 Å². The third-order valence-electron chi connectivity index (χ3n) is 5.08. The lowest BCUT2D eigenvalue weighted by atomic mass is 9.77. The number of carbonyl (C=O) groups excluding carboxylic acids is 1. The van der Waals surface area contributed by atoms with Gasteiger partial charge in [0.05, 0.1) is 5.02 Å². The lowest BCUT2D eigenvalue weighted by Crippen LogP contribution is -2.42. The van der Waals surface area contributed by atoms with E-state index in [1.165, 1.54) is 25.7 Å². The molecule has 1 saturated carbocycles. The number of amides is 1. The SMILES string of the molecule is CNc1ccc(Cl)c(C(=O)N2CCC3(CCCC3)CC2)n1. The molecule has 0 radical (unpaired) electrons. The van der Waals surface area contributed by atoms with Crippen molar-refractivity contribution in [2.45, 2.75) is 38.5 Å². The number of piperidine rings is 1. The zero-order valence-corrected chi connectivity index (χ0v) is 13.2. The Morgan fingerprint density at radius 1 is 1.24 bits per heavy atom. The molecular formula is C16H22ClN3O. The Kier molecular flexibility index (Phi) is 4.07. The van der Waals surface area contributed by atoms with Crippen LogP contribution in [0.25, 0.3) is 0 Å². The van der Waals surface area contributed by atoms with Crippen LogP contribution in [0.4, 0.5) is 5.82 Å². The molecule has 1 saturated heterocycles. The van der Waals surface area contributed by atoms with Gasteiger partial charge in [-0.2, -0.15) is 0 Å². The number of nitrogens with zero attached hydrogens (tertiary/aromatic N) is 2. The summed E-state index contributed by atoms with van der Waals surface area (Å²) >= 11 is 6.15. The highest BCUT2D eigenvalue weighted by Gasteiger charge is 2.38. The van der Waals surface area contributed by atoms with Crippen LogP contribution in [0.3, 0.4) is 0 Å². The fourth-order valence-corrected chi connectivity index (χ4v) is 3.88. The molecule has 0 aromatic carbocycles. The maximum atomic E-state index is 12.6. The first-order chi connectivity index (χ1) is 10.1. The third-order valence-corrected chi connectivity index (χ3v) is 5.39. The van der Waals surface area contributed by atoms with E-state index in [9.17, 15) is 4.79 Å². The summed E-state index contributed by atoms with van der Waals surface area (Å²) in [6, 6.07) is 3.51. The van der Waals surface area contributed by atoms with E-state index in [1.54, 1.807) is 19.2 Å². The van der Waals surface area contributed by atoms with E-state index in [2.05, 4.69) is 10.3 Å². The Bertz CT molecular complexity index is 530. The van der Waals surface area contributed by atoms with E-state index in [1.807, 2.05) is 4.90 Å². The van der Waals surface area contributed by atoms with Crippen molar-refractivity contribution in [3.63, 3.8) is 0 Å². The summed E-state index contributed by atoms with van der Waals surface area (Å²) in [5, 5.41) is 3.38. The summed E-state index contributed by atoms with van der Waals surface area (Å²) in [6.45, 7) is 1.67. The van der Waals surface area contributed by atoms with Gasteiger partial charge in [0.1, 0.15) is 11.5 Å². The number of aromatic nitrogens is 1. The van der Waals surface area contributed by atoms with Crippen molar-refractivity contribution in [1.29, 1.82) is 0 Å². The molecule has 4 nitrogen and oxygen atoms in total. The normalized spacial score (nSPS) is 20.8. The Morgan fingerprint density at radius 2 is 1.90 bits per heavy atom. The lowest BCUT2D eigenvalue weighted by molar-refractivity contribution is 0.0582.